The van der Waals surface area contributed by atoms with Crippen molar-refractivity contribution >= 4 is 28.4 Å². The zero-order valence-corrected chi connectivity index (χ0v) is 13.5. The van der Waals surface area contributed by atoms with Crippen molar-refractivity contribution in [2.75, 3.05) is 5.32 Å². The highest BCUT2D eigenvalue weighted by atomic mass is 16.2. The van der Waals surface area contributed by atoms with Gasteiger partial charge >= 0.3 is 0 Å². The first-order valence-electron chi connectivity index (χ1n) is 8.27. The molecule has 0 radical (unpaired) electrons. The summed E-state index contributed by atoms with van der Waals surface area (Å²) in [5.41, 5.74) is 2.43. The van der Waals surface area contributed by atoms with E-state index in [9.17, 15) is 9.59 Å². The van der Waals surface area contributed by atoms with Gasteiger partial charge in [0.15, 0.2) is 0 Å². The number of benzene rings is 2. The highest BCUT2D eigenvalue weighted by molar-refractivity contribution is 6.11. The maximum Gasteiger partial charge on any atom is 0.257 e. The number of para-hydroxylation sites is 1. The molecular formula is C20H17N3O2. The number of nitrogens with zero attached hydrogens (tertiary/aromatic N) is 1. The Hall–Kier alpha value is -3.21. The summed E-state index contributed by atoms with van der Waals surface area (Å²) in [6.07, 6.45) is 3.78. The average molecular weight is 331 g/mol. The molecule has 0 atom stereocenters. The summed E-state index contributed by atoms with van der Waals surface area (Å²) in [5.74, 6) is -0.293. The third-order valence-corrected chi connectivity index (χ3v) is 4.19. The van der Waals surface area contributed by atoms with Crippen molar-refractivity contribution in [1.29, 1.82) is 0 Å². The van der Waals surface area contributed by atoms with Gasteiger partial charge in [-0.1, -0.05) is 18.2 Å². The van der Waals surface area contributed by atoms with Crippen LogP contribution < -0.4 is 10.6 Å². The predicted molar refractivity (Wildman–Crippen MR) is 96.6 cm³/mol. The molecule has 1 aliphatic carbocycles. The van der Waals surface area contributed by atoms with Crippen molar-refractivity contribution in [3.63, 3.8) is 0 Å². The van der Waals surface area contributed by atoms with Gasteiger partial charge in [0.05, 0.1) is 11.1 Å². The topological polar surface area (TPSA) is 71.1 Å². The number of hydrogen-bond donors (Lipinski definition) is 2. The number of carbonyl (C=O) groups is 2. The number of pyridine rings is 1. The minimum absolute atomic E-state index is 0.0707. The molecule has 3 aromatic rings. The summed E-state index contributed by atoms with van der Waals surface area (Å²) >= 11 is 0. The lowest BCUT2D eigenvalue weighted by Gasteiger charge is -2.08. The second kappa shape index (κ2) is 6.36. The molecule has 5 nitrogen and oxygen atoms in total. The van der Waals surface area contributed by atoms with Crippen molar-refractivity contribution < 1.29 is 9.59 Å². The van der Waals surface area contributed by atoms with Gasteiger partial charge in [-0.25, -0.2) is 0 Å². The SMILES string of the molecule is O=C(NC1CC1)c1ccc(NC(=O)c2cccc3cccnc23)cc1. The van der Waals surface area contributed by atoms with Gasteiger partial charge in [-0.05, 0) is 49.2 Å². The van der Waals surface area contributed by atoms with Gasteiger partial charge in [0.25, 0.3) is 11.8 Å². The molecule has 0 saturated heterocycles. The highest BCUT2D eigenvalue weighted by Crippen LogP contribution is 2.20. The van der Waals surface area contributed by atoms with Gasteiger partial charge in [0, 0.05) is 28.9 Å². The number of amides is 2. The Morgan fingerprint density at radius 3 is 2.44 bits per heavy atom. The minimum Gasteiger partial charge on any atom is -0.349 e. The molecule has 2 amide bonds. The van der Waals surface area contributed by atoms with E-state index in [1.165, 1.54) is 0 Å². The van der Waals surface area contributed by atoms with Crippen LogP contribution in [0.3, 0.4) is 0 Å². The van der Waals surface area contributed by atoms with Crippen molar-refractivity contribution in [2.45, 2.75) is 18.9 Å². The second-order valence-corrected chi connectivity index (χ2v) is 6.16. The van der Waals surface area contributed by atoms with E-state index in [4.69, 9.17) is 0 Å². The first-order valence-corrected chi connectivity index (χ1v) is 8.27. The molecule has 0 unspecified atom stereocenters. The number of hydrogen-bond acceptors (Lipinski definition) is 3. The predicted octanol–water partition coefficient (Wildman–Crippen LogP) is 3.38. The zero-order chi connectivity index (χ0) is 17.2. The zero-order valence-electron chi connectivity index (χ0n) is 13.5. The Labute approximate surface area is 145 Å². The van der Waals surface area contributed by atoms with Crippen LogP contribution in [-0.2, 0) is 0 Å². The Kier molecular flexibility index (Phi) is 3.90. The van der Waals surface area contributed by atoms with E-state index < -0.39 is 0 Å². The fraction of sp³-hybridized carbons (Fsp3) is 0.150. The number of nitrogens with one attached hydrogen (secondary N) is 2. The fourth-order valence-corrected chi connectivity index (χ4v) is 2.69. The Morgan fingerprint density at radius 1 is 0.920 bits per heavy atom. The first kappa shape index (κ1) is 15.3. The Bertz CT molecular complexity index is 941. The van der Waals surface area contributed by atoms with Crippen molar-refractivity contribution in [1.82, 2.24) is 10.3 Å². The van der Waals surface area contributed by atoms with E-state index in [1.54, 1.807) is 36.5 Å². The molecule has 5 heteroatoms. The molecule has 1 saturated carbocycles. The largest absolute Gasteiger partial charge is 0.349 e. The van der Waals surface area contributed by atoms with Crippen molar-refractivity contribution in [3.05, 3.63) is 71.9 Å². The van der Waals surface area contributed by atoms with Crippen LogP contribution in [0.15, 0.2) is 60.8 Å². The number of fused-ring (bicyclic) bond motifs is 1. The molecule has 2 aromatic carbocycles. The molecule has 1 aromatic heterocycles. The van der Waals surface area contributed by atoms with Gasteiger partial charge in [0.2, 0.25) is 0 Å². The summed E-state index contributed by atoms with van der Waals surface area (Å²) in [6.45, 7) is 0. The summed E-state index contributed by atoms with van der Waals surface area (Å²) in [5, 5.41) is 6.72. The average Bonchev–Trinajstić information content (AvgIpc) is 3.45. The van der Waals surface area contributed by atoms with Gasteiger partial charge in [-0.15, -0.1) is 0 Å². The van der Waals surface area contributed by atoms with E-state index in [1.807, 2.05) is 24.3 Å². The number of anilines is 1. The number of carbonyl (C=O) groups excluding carboxylic acids is 2. The van der Waals surface area contributed by atoms with Crippen LogP contribution >= 0.6 is 0 Å². The summed E-state index contributed by atoms with van der Waals surface area (Å²) in [7, 11) is 0. The molecule has 0 aliphatic heterocycles. The third kappa shape index (κ3) is 3.35. The van der Waals surface area contributed by atoms with Gasteiger partial charge in [-0.2, -0.15) is 0 Å². The standard InChI is InChI=1S/C20H17N3O2/c24-19(22-16-10-11-16)14-6-8-15(9-7-14)23-20(25)17-5-1-3-13-4-2-12-21-18(13)17/h1-9,12,16H,10-11H2,(H,22,24)(H,23,25). The lowest BCUT2D eigenvalue weighted by molar-refractivity contribution is 0.0950. The quantitative estimate of drug-likeness (QED) is 0.770. The third-order valence-electron chi connectivity index (χ3n) is 4.19. The molecule has 1 aliphatic rings. The molecule has 1 heterocycles. The molecule has 4 rings (SSSR count). The summed E-state index contributed by atoms with van der Waals surface area (Å²) < 4.78 is 0. The lowest BCUT2D eigenvalue weighted by Crippen LogP contribution is -2.25. The van der Waals surface area contributed by atoms with Crippen LogP contribution in [0.2, 0.25) is 0 Å². The highest BCUT2D eigenvalue weighted by Gasteiger charge is 2.23. The number of aromatic nitrogens is 1. The van der Waals surface area contributed by atoms with Crippen LogP contribution in [0.5, 0.6) is 0 Å². The molecule has 0 bridgehead atoms. The molecule has 2 N–H and O–H groups in total. The second-order valence-electron chi connectivity index (χ2n) is 6.16. The first-order chi connectivity index (χ1) is 12.2. The maximum absolute atomic E-state index is 12.6. The van der Waals surface area contributed by atoms with E-state index in [-0.39, 0.29) is 11.8 Å². The normalized spacial score (nSPS) is 13.4. The maximum atomic E-state index is 12.6. The van der Waals surface area contributed by atoms with Gasteiger partial charge in [-0.3, -0.25) is 14.6 Å². The van der Waals surface area contributed by atoms with Crippen LogP contribution in [-0.4, -0.2) is 22.8 Å². The summed E-state index contributed by atoms with van der Waals surface area (Å²) in [4.78, 5) is 28.9. The Balaban J connectivity index is 1.51. The van der Waals surface area contributed by atoms with Crippen LogP contribution in [0.25, 0.3) is 10.9 Å². The lowest BCUT2D eigenvalue weighted by atomic mass is 10.1. The van der Waals surface area contributed by atoms with E-state index in [0.717, 1.165) is 18.2 Å². The van der Waals surface area contributed by atoms with E-state index >= 15 is 0 Å². The molecule has 124 valence electrons. The van der Waals surface area contributed by atoms with Crippen molar-refractivity contribution in [3.8, 4) is 0 Å². The molecule has 0 spiro atoms. The van der Waals surface area contributed by atoms with E-state index in [0.29, 0.717) is 28.4 Å². The van der Waals surface area contributed by atoms with Gasteiger partial charge in [0.1, 0.15) is 0 Å². The summed E-state index contributed by atoms with van der Waals surface area (Å²) in [6, 6.07) is 16.5. The van der Waals surface area contributed by atoms with E-state index in [2.05, 4.69) is 15.6 Å². The monoisotopic (exact) mass is 331 g/mol. The van der Waals surface area contributed by atoms with Crippen molar-refractivity contribution in [2.24, 2.45) is 0 Å². The molecule has 25 heavy (non-hydrogen) atoms. The number of rotatable bonds is 4. The van der Waals surface area contributed by atoms with Crippen LogP contribution in [0.1, 0.15) is 33.6 Å². The van der Waals surface area contributed by atoms with Crippen LogP contribution in [0, 0.1) is 0 Å². The molecule has 1 fully saturated rings. The smallest absolute Gasteiger partial charge is 0.257 e. The van der Waals surface area contributed by atoms with Crippen LogP contribution in [0.4, 0.5) is 5.69 Å². The molecular weight excluding hydrogens is 314 g/mol. The van der Waals surface area contributed by atoms with Gasteiger partial charge < -0.3 is 10.6 Å². The fourth-order valence-electron chi connectivity index (χ4n) is 2.69. The Morgan fingerprint density at radius 2 is 1.68 bits per heavy atom. The minimum atomic E-state index is -0.223.